The van der Waals surface area contributed by atoms with Crippen LogP contribution in [0.1, 0.15) is 33.6 Å². The summed E-state index contributed by atoms with van der Waals surface area (Å²) in [6.07, 6.45) is 2.14. The summed E-state index contributed by atoms with van der Waals surface area (Å²) >= 11 is 0. The first-order chi connectivity index (χ1) is 7.63. The summed E-state index contributed by atoms with van der Waals surface area (Å²) in [4.78, 5) is 4.36. The van der Waals surface area contributed by atoms with E-state index in [1.165, 1.54) is 0 Å². The number of aliphatic imine (C=N–C) groups is 1. The Labute approximate surface area is 98.8 Å². The highest BCUT2D eigenvalue weighted by Crippen LogP contribution is 1.97. The largest absolute Gasteiger partial charge is 0.383 e. The average Bonchev–Trinajstić information content (AvgIpc) is 2.24. The van der Waals surface area contributed by atoms with Crippen LogP contribution in [-0.2, 0) is 4.74 Å². The fourth-order valence-electron chi connectivity index (χ4n) is 1.35. The van der Waals surface area contributed by atoms with Crippen LogP contribution in [0.4, 0.5) is 0 Å². The van der Waals surface area contributed by atoms with Gasteiger partial charge in [-0.05, 0) is 12.3 Å². The third-order valence-corrected chi connectivity index (χ3v) is 2.10. The van der Waals surface area contributed by atoms with E-state index in [2.05, 4.69) is 36.5 Å². The second-order valence-electron chi connectivity index (χ2n) is 4.31. The van der Waals surface area contributed by atoms with Crippen molar-refractivity contribution in [1.82, 2.24) is 10.7 Å². The van der Waals surface area contributed by atoms with Gasteiger partial charge in [-0.3, -0.25) is 10.4 Å². The van der Waals surface area contributed by atoms with Crippen LogP contribution in [0.3, 0.4) is 0 Å². The molecule has 0 saturated carbocycles. The molecule has 0 fully saturated rings. The van der Waals surface area contributed by atoms with Crippen LogP contribution >= 0.6 is 0 Å². The monoisotopic (exact) mass is 230 g/mol. The number of methoxy groups -OCH3 is 1. The zero-order valence-corrected chi connectivity index (χ0v) is 10.9. The molecule has 0 rings (SSSR count). The Hall–Kier alpha value is -0.810. The molecule has 0 aliphatic rings. The van der Waals surface area contributed by atoms with Crippen molar-refractivity contribution in [3.8, 4) is 0 Å². The molecule has 0 heterocycles. The Bertz CT molecular complexity index is 188. The predicted molar refractivity (Wildman–Crippen MR) is 68.2 cm³/mol. The molecule has 0 bridgehead atoms. The number of ether oxygens (including phenoxy) is 1. The number of guanidine groups is 1. The summed E-state index contributed by atoms with van der Waals surface area (Å²) in [5.74, 6) is 6.58. The molecule has 0 aromatic rings. The molecule has 1 atom stereocenters. The van der Waals surface area contributed by atoms with Gasteiger partial charge in [-0.1, -0.05) is 27.2 Å². The topological polar surface area (TPSA) is 71.7 Å². The van der Waals surface area contributed by atoms with Gasteiger partial charge in [0.15, 0.2) is 0 Å². The molecule has 96 valence electrons. The van der Waals surface area contributed by atoms with Crippen LogP contribution in [0.5, 0.6) is 0 Å². The van der Waals surface area contributed by atoms with Crippen molar-refractivity contribution in [2.24, 2.45) is 16.8 Å². The maximum atomic E-state index is 5.42. The van der Waals surface area contributed by atoms with Crippen LogP contribution in [0.15, 0.2) is 4.99 Å². The molecule has 0 spiro atoms. The van der Waals surface area contributed by atoms with E-state index in [1.807, 2.05) is 0 Å². The number of rotatable bonds is 7. The van der Waals surface area contributed by atoms with E-state index in [4.69, 9.17) is 10.6 Å². The highest BCUT2D eigenvalue weighted by Gasteiger charge is 2.08. The molecule has 16 heavy (non-hydrogen) atoms. The van der Waals surface area contributed by atoms with Gasteiger partial charge in [0, 0.05) is 13.7 Å². The highest BCUT2D eigenvalue weighted by molar-refractivity contribution is 5.79. The van der Waals surface area contributed by atoms with Gasteiger partial charge in [-0.15, -0.1) is 0 Å². The normalized spacial score (nSPS) is 14.0. The molecule has 0 aromatic carbocycles. The Kier molecular flexibility index (Phi) is 8.94. The summed E-state index contributed by atoms with van der Waals surface area (Å²) < 4.78 is 5.14. The van der Waals surface area contributed by atoms with Crippen LogP contribution in [-0.4, -0.2) is 32.3 Å². The number of hydrogen-bond donors (Lipinski definition) is 3. The van der Waals surface area contributed by atoms with Gasteiger partial charge in [0.05, 0.1) is 12.6 Å². The smallest absolute Gasteiger partial charge is 0.206 e. The summed E-state index contributed by atoms with van der Waals surface area (Å²) in [6, 6.07) is 0.261. The first-order valence-electron chi connectivity index (χ1n) is 5.90. The SMILES string of the molecule is CCCC(COC)NC(=NCC(C)C)NN. The van der Waals surface area contributed by atoms with Gasteiger partial charge < -0.3 is 10.1 Å². The van der Waals surface area contributed by atoms with Crippen LogP contribution in [0, 0.1) is 5.92 Å². The number of hydrogen-bond acceptors (Lipinski definition) is 3. The molecule has 0 aliphatic heterocycles. The van der Waals surface area contributed by atoms with E-state index in [9.17, 15) is 0 Å². The highest BCUT2D eigenvalue weighted by atomic mass is 16.5. The summed E-state index contributed by atoms with van der Waals surface area (Å²) in [5.41, 5.74) is 2.59. The first kappa shape index (κ1) is 15.2. The molecule has 0 saturated heterocycles. The van der Waals surface area contributed by atoms with Gasteiger partial charge in [-0.2, -0.15) is 0 Å². The van der Waals surface area contributed by atoms with Crippen molar-refractivity contribution in [2.45, 2.75) is 39.7 Å². The van der Waals surface area contributed by atoms with Gasteiger partial charge >= 0.3 is 0 Å². The maximum absolute atomic E-state index is 5.42. The third-order valence-electron chi connectivity index (χ3n) is 2.10. The molecule has 1 unspecified atom stereocenters. The number of nitrogens with zero attached hydrogens (tertiary/aromatic N) is 1. The van der Waals surface area contributed by atoms with E-state index in [-0.39, 0.29) is 6.04 Å². The zero-order chi connectivity index (χ0) is 12.4. The van der Waals surface area contributed by atoms with E-state index < -0.39 is 0 Å². The Balaban J connectivity index is 4.18. The number of nitrogens with two attached hydrogens (primary N) is 1. The van der Waals surface area contributed by atoms with Crippen LogP contribution < -0.4 is 16.6 Å². The van der Waals surface area contributed by atoms with Crippen LogP contribution in [0.25, 0.3) is 0 Å². The van der Waals surface area contributed by atoms with E-state index >= 15 is 0 Å². The molecule has 4 N–H and O–H groups in total. The van der Waals surface area contributed by atoms with E-state index in [0.29, 0.717) is 18.5 Å². The van der Waals surface area contributed by atoms with Gasteiger partial charge in [0.2, 0.25) is 5.96 Å². The summed E-state index contributed by atoms with van der Waals surface area (Å²) in [5, 5.41) is 3.25. The third kappa shape index (κ3) is 7.48. The minimum Gasteiger partial charge on any atom is -0.383 e. The lowest BCUT2D eigenvalue weighted by Gasteiger charge is -2.19. The minimum absolute atomic E-state index is 0.261. The predicted octanol–water partition coefficient (Wildman–Crippen LogP) is 0.866. The summed E-state index contributed by atoms with van der Waals surface area (Å²) in [6.45, 7) is 7.81. The Morgan fingerprint density at radius 1 is 1.44 bits per heavy atom. The van der Waals surface area contributed by atoms with Crippen LogP contribution in [0.2, 0.25) is 0 Å². The standard InChI is InChI=1S/C11H26N4O/c1-5-6-10(8-16-4)14-11(15-12)13-7-9(2)3/h9-10H,5-8,12H2,1-4H3,(H2,13,14,15). The maximum Gasteiger partial charge on any atom is 0.206 e. The molecule has 0 aromatic heterocycles. The lowest BCUT2D eigenvalue weighted by atomic mass is 10.2. The van der Waals surface area contributed by atoms with E-state index in [1.54, 1.807) is 7.11 Å². The molecule has 5 nitrogen and oxygen atoms in total. The summed E-state index contributed by atoms with van der Waals surface area (Å²) in [7, 11) is 1.70. The molecular weight excluding hydrogens is 204 g/mol. The van der Waals surface area contributed by atoms with Crippen molar-refractivity contribution < 1.29 is 4.74 Å². The van der Waals surface area contributed by atoms with Gasteiger partial charge in [0.25, 0.3) is 0 Å². The second kappa shape index (κ2) is 9.42. The van der Waals surface area contributed by atoms with Crippen molar-refractivity contribution in [2.75, 3.05) is 20.3 Å². The number of nitrogens with one attached hydrogen (secondary N) is 2. The van der Waals surface area contributed by atoms with E-state index in [0.717, 1.165) is 19.4 Å². The lowest BCUT2D eigenvalue weighted by Crippen LogP contribution is -2.48. The van der Waals surface area contributed by atoms with Crippen molar-refractivity contribution in [3.63, 3.8) is 0 Å². The van der Waals surface area contributed by atoms with Crippen molar-refractivity contribution >= 4 is 5.96 Å². The van der Waals surface area contributed by atoms with Gasteiger partial charge in [-0.25, -0.2) is 5.84 Å². The lowest BCUT2D eigenvalue weighted by molar-refractivity contribution is 0.169. The quantitative estimate of drug-likeness (QED) is 0.263. The average molecular weight is 230 g/mol. The number of hydrazine groups is 1. The van der Waals surface area contributed by atoms with Crippen molar-refractivity contribution in [1.29, 1.82) is 0 Å². The first-order valence-corrected chi connectivity index (χ1v) is 5.90. The molecule has 5 heteroatoms. The van der Waals surface area contributed by atoms with Crippen molar-refractivity contribution in [3.05, 3.63) is 0 Å². The molecule has 0 aliphatic carbocycles. The van der Waals surface area contributed by atoms with Gasteiger partial charge in [0.1, 0.15) is 0 Å². The fourth-order valence-corrected chi connectivity index (χ4v) is 1.35. The second-order valence-corrected chi connectivity index (χ2v) is 4.31. The molecule has 0 amide bonds. The minimum atomic E-state index is 0.261. The zero-order valence-electron chi connectivity index (χ0n) is 10.9. The Morgan fingerprint density at radius 2 is 2.12 bits per heavy atom. The molecular formula is C11H26N4O. The molecule has 0 radical (unpaired) electrons. The fraction of sp³-hybridized carbons (Fsp3) is 0.909. The Morgan fingerprint density at radius 3 is 2.56 bits per heavy atom.